The summed E-state index contributed by atoms with van der Waals surface area (Å²) in [6.45, 7) is 10.4. The molecule has 1 aliphatic heterocycles. The van der Waals surface area contributed by atoms with Gasteiger partial charge in [0.2, 0.25) is 11.8 Å². The van der Waals surface area contributed by atoms with Crippen LogP contribution in [0.4, 0.5) is 16.0 Å². The summed E-state index contributed by atoms with van der Waals surface area (Å²) in [6, 6.07) is 7.36. The Hall–Kier alpha value is -3.59. The molecule has 9 heteroatoms. The normalized spacial score (nSPS) is 15.0. The highest BCUT2D eigenvalue weighted by atomic mass is 19.1. The molecular formula is C27H32FN7O. The maximum Gasteiger partial charge on any atom is 0.227 e. The second-order valence-corrected chi connectivity index (χ2v) is 9.59. The van der Waals surface area contributed by atoms with Gasteiger partial charge >= 0.3 is 0 Å². The number of likely N-dealkylation sites (tertiary alicyclic amines) is 1. The lowest BCUT2D eigenvalue weighted by Gasteiger charge is -2.30. The summed E-state index contributed by atoms with van der Waals surface area (Å²) in [5.41, 5.74) is 3.67. The lowest BCUT2D eigenvalue weighted by Crippen LogP contribution is -2.35. The van der Waals surface area contributed by atoms with E-state index >= 15 is 0 Å². The molecule has 5 rings (SSSR count). The van der Waals surface area contributed by atoms with Crippen molar-refractivity contribution in [3.05, 3.63) is 60.4 Å². The first kappa shape index (κ1) is 24.1. The third kappa shape index (κ3) is 5.31. The van der Waals surface area contributed by atoms with Gasteiger partial charge in [-0.25, -0.2) is 23.9 Å². The number of anilines is 2. The highest BCUT2D eigenvalue weighted by molar-refractivity contribution is 5.70. The van der Waals surface area contributed by atoms with Gasteiger partial charge in [0.25, 0.3) is 0 Å². The van der Waals surface area contributed by atoms with Crippen molar-refractivity contribution in [3.63, 3.8) is 0 Å². The number of rotatable bonds is 8. The molecule has 1 N–H and O–H groups in total. The van der Waals surface area contributed by atoms with E-state index in [0.717, 1.165) is 49.2 Å². The quantitative estimate of drug-likeness (QED) is 0.360. The van der Waals surface area contributed by atoms with E-state index in [1.54, 1.807) is 10.7 Å². The molecule has 4 aromatic rings. The van der Waals surface area contributed by atoms with Crippen LogP contribution < -0.4 is 10.1 Å². The SMILES string of the molecule is CCN1CCC(COc2cc(Nc3ncc(F)c(-c4ccn5ncc(C(C)C)c5c4)n3)ccn2)CC1. The van der Waals surface area contributed by atoms with Gasteiger partial charge in [0.1, 0.15) is 5.69 Å². The maximum atomic E-state index is 14.8. The molecule has 5 heterocycles. The van der Waals surface area contributed by atoms with Gasteiger partial charge in [0, 0.05) is 35.3 Å². The van der Waals surface area contributed by atoms with Gasteiger partial charge in [-0.15, -0.1) is 0 Å². The minimum Gasteiger partial charge on any atom is -0.477 e. The van der Waals surface area contributed by atoms with Crippen molar-refractivity contribution in [2.75, 3.05) is 31.6 Å². The Balaban J connectivity index is 1.30. The molecule has 1 aliphatic rings. The summed E-state index contributed by atoms with van der Waals surface area (Å²) in [4.78, 5) is 15.4. The first-order valence-corrected chi connectivity index (χ1v) is 12.6. The zero-order valence-corrected chi connectivity index (χ0v) is 21.0. The number of hydrogen-bond acceptors (Lipinski definition) is 7. The Morgan fingerprint density at radius 3 is 2.75 bits per heavy atom. The van der Waals surface area contributed by atoms with E-state index in [0.29, 0.717) is 35.8 Å². The van der Waals surface area contributed by atoms with Crippen molar-refractivity contribution >= 4 is 17.2 Å². The van der Waals surface area contributed by atoms with Gasteiger partial charge < -0.3 is 15.0 Å². The lowest BCUT2D eigenvalue weighted by molar-refractivity contribution is 0.143. The van der Waals surface area contributed by atoms with E-state index in [-0.39, 0.29) is 5.69 Å². The Labute approximate surface area is 210 Å². The van der Waals surface area contributed by atoms with Crippen LogP contribution >= 0.6 is 0 Å². The van der Waals surface area contributed by atoms with E-state index in [2.05, 4.69) is 51.0 Å². The summed E-state index contributed by atoms with van der Waals surface area (Å²) in [5.74, 6) is 1.21. The molecule has 0 unspecified atom stereocenters. The largest absolute Gasteiger partial charge is 0.477 e. The standard InChI is InChI=1S/C27H32FN7O/c1-4-34-10-6-19(7-11-34)17-36-25-14-21(5-9-29-25)32-27-30-16-23(28)26(33-27)20-8-12-35-24(13-20)22(15-31-35)18(2)3/h5,8-9,12-16,18-19H,4,6-7,10-11,17H2,1-3H3,(H,29,30,32,33). The summed E-state index contributed by atoms with van der Waals surface area (Å²) in [6.07, 6.45) is 8.83. The molecule has 188 valence electrons. The molecule has 8 nitrogen and oxygen atoms in total. The predicted molar refractivity (Wildman–Crippen MR) is 138 cm³/mol. The number of aromatic nitrogens is 5. The summed E-state index contributed by atoms with van der Waals surface area (Å²) >= 11 is 0. The third-order valence-electron chi connectivity index (χ3n) is 6.80. The van der Waals surface area contributed by atoms with Crippen molar-refractivity contribution < 1.29 is 9.13 Å². The van der Waals surface area contributed by atoms with Crippen LogP contribution in [0.1, 0.15) is 45.1 Å². The summed E-state index contributed by atoms with van der Waals surface area (Å²) < 4.78 is 22.5. The maximum absolute atomic E-state index is 14.8. The molecular weight excluding hydrogens is 457 g/mol. The number of pyridine rings is 2. The Morgan fingerprint density at radius 2 is 1.97 bits per heavy atom. The van der Waals surface area contributed by atoms with Crippen LogP contribution in [0, 0.1) is 11.7 Å². The van der Waals surface area contributed by atoms with E-state index in [1.165, 1.54) is 6.20 Å². The van der Waals surface area contributed by atoms with E-state index < -0.39 is 5.82 Å². The molecule has 4 aromatic heterocycles. The molecule has 0 amide bonds. The molecule has 0 aromatic carbocycles. The van der Waals surface area contributed by atoms with Crippen LogP contribution in [0.5, 0.6) is 5.88 Å². The van der Waals surface area contributed by atoms with Crippen LogP contribution in [-0.4, -0.2) is 55.7 Å². The van der Waals surface area contributed by atoms with Crippen LogP contribution in [0.25, 0.3) is 16.8 Å². The van der Waals surface area contributed by atoms with Crippen molar-refractivity contribution in [3.8, 4) is 17.1 Å². The predicted octanol–water partition coefficient (Wildman–Crippen LogP) is 5.30. The van der Waals surface area contributed by atoms with Crippen molar-refractivity contribution in [2.45, 2.75) is 39.5 Å². The number of fused-ring (bicyclic) bond motifs is 1. The smallest absolute Gasteiger partial charge is 0.227 e. The van der Waals surface area contributed by atoms with E-state index in [9.17, 15) is 4.39 Å². The zero-order chi connectivity index (χ0) is 25.1. The number of nitrogens with zero attached hydrogens (tertiary/aromatic N) is 6. The van der Waals surface area contributed by atoms with E-state index in [4.69, 9.17) is 4.74 Å². The van der Waals surface area contributed by atoms with Crippen LogP contribution in [0.2, 0.25) is 0 Å². The average Bonchev–Trinajstić information content (AvgIpc) is 3.33. The van der Waals surface area contributed by atoms with Crippen molar-refractivity contribution in [1.82, 2.24) is 29.5 Å². The highest BCUT2D eigenvalue weighted by Gasteiger charge is 2.19. The van der Waals surface area contributed by atoms with Gasteiger partial charge in [-0.3, -0.25) is 0 Å². The second kappa shape index (κ2) is 10.6. The molecule has 0 aliphatic carbocycles. The minimum atomic E-state index is -0.483. The second-order valence-electron chi connectivity index (χ2n) is 9.59. The number of nitrogens with one attached hydrogen (secondary N) is 1. The zero-order valence-electron chi connectivity index (χ0n) is 21.0. The first-order valence-electron chi connectivity index (χ1n) is 12.6. The Bertz CT molecular complexity index is 1330. The van der Waals surface area contributed by atoms with Crippen LogP contribution in [-0.2, 0) is 0 Å². The fourth-order valence-electron chi connectivity index (χ4n) is 4.59. The molecule has 0 bridgehead atoms. The van der Waals surface area contributed by atoms with Crippen molar-refractivity contribution in [2.24, 2.45) is 5.92 Å². The fraction of sp³-hybridized carbons (Fsp3) is 0.407. The highest BCUT2D eigenvalue weighted by Crippen LogP contribution is 2.28. The fourth-order valence-corrected chi connectivity index (χ4v) is 4.59. The Kier molecular flexibility index (Phi) is 7.09. The molecule has 0 spiro atoms. The summed E-state index contributed by atoms with van der Waals surface area (Å²) in [5, 5.41) is 7.55. The van der Waals surface area contributed by atoms with Gasteiger partial charge in [0.15, 0.2) is 5.82 Å². The number of piperidine rings is 1. The third-order valence-corrected chi connectivity index (χ3v) is 6.80. The van der Waals surface area contributed by atoms with Gasteiger partial charge in [-0.1, -0.05) is 20.8 Å². The van der Waals surface area contributed by atoms with E-state index in [1.807, 2.05) is 36.7 Å². The van der Waals surface area contributed by atoms with Gasteiger partial charge in [-0.2, -0.15) is 5.10 Å². The lowest BCUT2D eigenvalue weighted by atomic mass is 9.98. The van der Waals surface area contributed by atoms with Crippen molar-refractivity contribution in [1.29, 1.82) is 0 Å². The molecule has 0 saturated carbocycles. The number of hydrogen-bond donors (Lipinski definition) is 1. The van der Waals surface area contributed by atoms with Crippen LogP contribution in [0.3, 0.4) is 0 Å². The summed E-state index contributed by atoms with van der Waals surface area (Å²) in [7, 11) is 0. The van der Waals surface area contributed by atoms with Gasteiger partial charge in [0.05, 0.1) is 24.5 Å². The minimum absolute atomic E-state index is 0.231. The molecule has 0 radical (unpaired) electrons. The topological polar surface area (TPSA) is 80.5 Å². The average molecular weight is 490 g/mol. The van der Waals surface area contributed by atoms with Gasteiger partial charge in [-0.05, 0) is 62.5 Å². The molecule has 1 saturated heterocycles. The molecule has 1 fully saturated rings. The molecule has 0 atom stereocenters. The first-order chi connectivity index (χ1) is 17.5. The van der Waals surface area contributed by atoms with Crippen LogP contribution in [0.15, 0.2) is 49.1 Å². The Morgan fingerprint density at radius 1 is 1.14 bits per heavy atom. The molecule has 36 heavy (non-hydrogen) atoms. The number of ether oxygens (including phenoxy) is 1. The number of halogens is 1. The monoisotopic (exact) mass is 489 g/mol.